The zero-order chi connectivity index (χ0) is 20.9. The summed E-state index contributed by atoms with van der Waals surface area (Å²) in [6.07, 6.45) is 5.36. The van der Waals surface area contributed by atoms with Gasteiger partial charge in [0.05, 0.1) is 11.9 Å². The molecule has 1 heterocycles. The fourth-order valence-corrected chi connectivity index (χ4v) is 3.90. The van der Waals surface area contributed by atoms with Gasteiger partial charge in [0.25, 0.3) is 5.91 Å². The molecule has 1 N–H and O–H groups in total. The first-order chi connectivity index (χ1) is 13.8. The molecule has 1 aliphatic heterocycles. The molecule has 7 heteroatoms. The molecule has 1 fully saturated rings. The number of hydrogen-bond acceptors (Lipinski definition) is 4. The van der Waals surface area contributed by atoms with Gasteiger partial charge >= 0.3 is 0 Å². The van der Waals surface area contributed by atoms with Crippen molar-refractivity contribution in [1.29, 1.82) is 0 Å². The van der Waals surface area contributed by atoms with E-state index in [9.17, 15) is 13.2 Å². The van der Waals surface area contributed by atoms with Crippen LogP contribution in [0.15, 0.2) is 54.6 Å². The van der Waals surface area contributed by atoms with Crippen molar-refractivity contribution in [2.24, 2.45) is 0 Å². The van der Waals surface area contributed by atoms with E-state index in [0.29, 0.717) is 24.3 Å². The van der Waals surface area contributed by atoms with Gasteiger partial charge in [0.15, 0.2) is 0 Å². The molecule has 0 aromatic heterocycles. The molecule has 0 atom stereocenters. The van der Waals surface area contributed by atoms with Gasteiger partial charge in [-0.25, -0.2) is 8.42 Å². The molecule has 2 aromatic carbocycles. The number of amides is 1. The van der Waals surface area contributed by atoms with Crippen LogP contribution in [0, 0.1) is 6.92 Å². The molecule has 0 spiro atoms. The first-order valence-corrected chi connectivity index (χ1v) is 11.5. The molecule has 0 bridgehead atoms. The summed E-state index contributed by atoms with van der Waals surface area (Å²) in [5.74, 6) is -0.0685. The molecule has 29 heavy (non-hydrogen) atoms. The topological polar surface area (TPSA) is 69.7 Å². The number of benzene rings is 2. The fraction of sp³-hybridized carbons (Fsp3) is 0.318. The first kappa shape index (κ1) is 21.1. The summed E-state index contributed by atoms with van der Waals surface area (Å²) < 4.78 is 25.5. The van der Waals surface area contributed by atoms with E-state index in [4.69, 9.17) is 0 Å². The summed E-state index contributed by atoms with van der Waals surface area (Å²) in [6.45, 7) is 5.59. The maximum atomic E-state index is 12.9. The number of rotatable bonds is 6. The Hall–Kier alpha value is -2.64. The van der Waals surface area contributed by atoms with E-state index in [1.807, 2.05) is 30.0 Å². The zero-order valence-electron chi connectivity index (χ0n) is 16.8. The summed E-state index contributed by atoms with van der Waals surface area (Å²) in [5.41, 5.74) is 2.91. The highest BCUT2D eigenvalue weighted by Gasteiger charge is 2.22. The number of nitrogens with one attached hydrogen (secondary N) is 1. The minimum atomic E-state index is -3.39. The molecule has 2 aromatic rings. The lowest BCUT2D eigenvalue weighted by atomic mass is 10.1. The predicted octanol–water partition coefficient (Wildman–Crippen LogP) is 2.84. The van der Waals surface area contributed by atoms with Gasteiger partial charge in [-0.2, -0.15) is 0 Å². The van der Waals surface area contributed by atoms with Gasteiger partial charge in [0, 0.05) is 38.3 Å². The van der Waals surface area contributed by atoms with E-state index in [2.05, 4.69) is 33.9 Å². The first-order valence-electron chi connectivity index (χ1n) is 9.63. The number of sulfonamides is 1. The second-order valence-electron chi connectivity index (χ2n) is 7.31. The minimum Gasteiger partial charge on any atom is -0.336 e. The number of hydrogen-bond donors (Lipinski definition) is 1. The fourth-order valence-electron chi connectivity index (χ4n) is 3.28. The summed E-state index contributed by atoms with van der Waals surface area (Å²) in [5, 5.41) is 0. The van der Waals surface area contributed by atoms with Crippen LogP contribution in [0.1, 0.15) is 21.5 Å². The number of aryl methyl sites for hydroxylation is 1. The molecule has 0 aliphatic carbocycles. The maximum absolute atomic E-state index is 12.9. The predicted molar refractivity (Wildman–Crippen MR) is 117 cm³/mol. The SMILES string of the molecule is Cc1ccc(C(=O)N2CCN(CC=Cc3ccccc3)CC2)cc1NS(C)(=O)=O. The summed E-state index contributed by atoms with van der Waals surface area (Å²) in [7, 11) is -3.39. The highest BCUT2D eigenvalue weighted by molar-refractivity contribution is 7.92. The number of anilines is 1. The monoisotopic (exact) mass is 413 g/mol. The van der Waals surface area contributed by atoms with Crippen molar-refractivity contribution < 1.29 is 13.2 Å². The molecule has 154 valence electrons. The Bertz CT molecular complexity index is 980. The number of carbonyl (C=O) groups is 1. The van der Waals surface area contributed by atoms with Crippen molar-refractivity contribution in [2.75, 3.05) is 43.7 Å². The Labute approximate surface area is 172 Å². The third kappa shape index (κ3) is 6.17. The summed E-state index contributed by atoms with van der Waals surface area (Å²) in [6, 6.07) is 15.3. The molecule has 1 aliphatic rings. The van der Waals surface area contributed by atoms with Crippen LogP contribution in [0.2, 0.25) is 0 Å². The van der Waals surface area contributed by atoms with Crippen molar-refractivity contribution in [3.8, 4) is 0 Å². The van der Waals surface area contributed by atoms with Crippen LogP contribution in [0.5, 0.6) is 0 Å². The molecule has 1 saturated heterocycles. The van der Waals surface area contributed by atoms with Crippen LogP contribution in [0.4, 0.5) is 5.69 Å². The van der Waals surface area contributed by atoms with E-state index in [-0.39, 0.29) is 5.91 Å². The average molecular weight is 414 g/mol. The Morgan fingerprint density at radius 3 is 2.41 bits per heavy atom. The van der Waals surface area contributed by atoms with Crippen LogP contribution < -0.4 is 4.72 Å². The Morgan fingerprint density at radius 2 is 1.76 bits per heavy atom. The van der Waals surface area contributed by atoms with E-state index in [1.54, 1.807) is 18.2 Å². The van der Waals surface area contributed by atoms with Crippen molar-refractivity contribution in [3.05, 3.63) is 71.3 Å². The van der Waals surface area contributed by atoms with Crippen molar-refractivity contribution >= 4 is 27.7 Å². The van der Waals surface area contributed by atoms with Gasteiger partial charge in [0.2, 0.25) is 10.0 Å². The normalized spacial score (nSPS) is 15.6. The number of piperazine rings is 1. The highest BCUT2D eigenvalue weighted by atomic mass is 32.2. The van der Waals surface area contributed by atoms with E-state index >= 15 is 0 Å². The Kier molecular flexibility index (Phi) is 6.71. The minimum absolute atomic E-state index is 0.0685. The van der Waals surface area contributed by atoms with Crippen molar-refractivity contribution in [3.63, 3.8) is 0 Å². The second kappa shape index (κ2) is 9.24. The van der Waals surface area contributed by atoms with Crippen LogP contribution in [-0.4, -0.2) is 63.1 Å². The third-order valence-corrected chi connectivity index (χ3v) is 5.50. The molecule has 0 unspecified atom stereocenters. The standard InChI is InChI=1S/C22H27N3O3S/c1-18-10-11-20(17-21(18)23-29(2,27)28)22(26)25-15-13-24(14-16-25)12-6-9-19-7-4-3-5-8-19/h3-11,17,23H,12-16H2,1-2H3. The average Bonchev–Trinajstić information content (AvgIpc) is 2.69. The lowest BCUT2D eigenvalue weighted by Gasteiger charge is -2.34. The van der Waals surface area contributed by atoms with Gasteiger partial charge in [-0.05, 0) is 30.2 Å². The summed E-state index contributed by atoms with van der Waals surface area (Å²) in [4.78, 5) is 17.0. The zero-order valence-corrected chi connectivity index (χ0v) is 17.7. The van der Waals surface area contributed by atoms with E-state index in [1.165, 1.54) is 5.56 Å². The molecule has 3 rings (SSSR count). The Balaban J connectivity index is 1.56. The smallest absolute Gasteiger partial charge is 0.254 e. The van der Waals surface area contributed by atoms with E-state index < -0.39 is 10.0 Å². The van der Waals surface area contributed by atoms with Gasteiger partial charge in [0.1, 0.15) is 0 Å². The van der Waals surface area contributed by atoms with Crippen LogP contribution >= 0.6 is 0 Å². The van der Waals surface area contributed by atoms with Gasteiger partial charge < -0.3 is 4.90 Å². The largest absolute Gasteiger partial charge is 0.336 e. The second-order valence-corrected chi connectivity index (χ2v) is 9.06. The van der Waals surface area contributed by atoms with Crippen LogP contribution in [0.25, 0.3) is 6.08 Å². The Morgan fingerprint density at radius 1 is 1.07 bits per heavy atom. The lowest BCUT2D eigenvalue weighted by molar-refractivity contribution is 0.0650. The van der Waals surface area contributed by atoms with Crippen LogP contribution in [0.3, 0.4) is 0 Å². The molecule has 6 nitrogen and oxygen atoms in total. The van der Waals surface area contributed by atoms with Gasteiger partial charge in [-0.15, -0.1) is 0 Å². The van der Waals surface area contributed by atoms with Gasteiger partial charge in [-0.1, -0.05) is 48.6 Å². The number of carbonyl (C=O) groups excluding carboxylic acids is 1. The van der Waals surface area contributed by atoms with Crippen molar-refractivity contribution in [1.82, 2.24) is 9.80 Å². The molecule has 1 amide bonds. The molecule has 0 radical (unpaired) electrons. The van der Waals surface area contributed by atoms with E-state index in [0.717, 1.165) is 31.5 Å². The van der Waals surface area contributed by atoms with Crippen LogP contribution in [-0.2, 0) is 10.0 Å². The maximum Gasteiger partial charge on any atom is 0.254 e. The highest BCUT2D eigenvalue weighted by Crippen LogP contribution is 2.20. The quantitative estimate of drug-likeness (QED) is 0.791. The molecule has 0 saturated carbocycles. The number of nitrogens with zero attached hydrogens (tertiary/aromatic N) is 2. The third-order valence-electron chi connectivity index (χ3n) is 4.91. The van der Waals surface area contributed by atoms with Crippen molar-refractivity contribution in [2.45, 2.75) is 6.92 Å². The van der Waals surface area contributed by atoms with Gasteiger partial charge in [-0.3, -0.25) is 14.4 Å². The molecular formula is C22H27N3O3S. The lowest BCUT2D eigenvalue weighted by Crippen LogP contribution is -2.48. The summed E-state index contributed by atoms with van der Waals surface area (Å²) >= 11 is 0. The molecular weight excluding hydrogens is 386 g/mol.